The summed E-state index contributed by atoms with van der Waals surface area (Å²) in [6.45, 7) is 9.07. The fraction of sp³-hybridized carbons (Fsp3) is 0.800. The minimum atomic E-state index is -1.09. The van der Waals surface area contributed by atoms with Crippen LogP contribution >= 0.6 is 0 Å². The van der Waals surface area contributed by atoms with E-state index >= 15 is 0 Å². The summed E-state index contributed by atoms with van der Waals surface area (Å²) in [7, 11) is 0. The predicted molar refractivity (Wildman–Crippen MR) is 51.7 cm³/mol. The lowest BCUT2D eigenvalue weighted by Gasteiger charge is -2.27. The maximum Gasteiger partial charge on any atom is 0.184 e. The first kappa shape index (κ1) is 11.7. The fourth-order valence-corrected chi connectivity index (χ4v) is 1.41. The second-order valence-electron chi connectivity index (χ2n) is 4.41. The lowest BCUT2D eigenvalue weighted by atomic mass is 10.1. The molecule has 1 saturated heterocycles. The van der Waals surface area contributed by atoms with E-state index in [0.29, 0.717) is 0 Å². The van der Waals surface area contributed by atoms with Crippen LogP contribution in [-0.4, -0.2) is 40.4 Å². The normalized spacial score (nSPS) is 38.6. The fourth-order valence-electron chi connectivity index (χ4n) is 1.41. The number of aliphatic hydroxyl groups is 2. The lowest BCUT2D eigenvalue weighted by Crippen LogP contribution is -2.40. The minimum absolute atomic E-state index is 0.425. The van der Waals surface area contributed by atoms with Crippen LogP contribution in [0.3, 0.4) is 0 Å². The van der Waals surface area contributed by atoms with Gasteiger partial charge < -0.3 is 19.7 Å². The summed E-state index contributed by atoms with van der Waals surface area (Å²) < 4.78 is 10.5. The molecular weight excluding hydrogens is 184 g/mol. The molecular formula is C10H18O4. The summed E-state index contributed by atoms with van der Waals surface area (Å²) in [5.41, 5.74) is -0.425. The van der Waals surface area contributed by atoms with Gasteiger partial charge in [-0.15, -0.1) is 6.58 Å². The molecule has 4 heteroatoms. The molecule has 4 atom stereocenters. The molecule has 0 amide bonds. The van der Waals surface area contributed by atoms with Crippen molar-refractivity contribution in [3.63, 3.8) is 0 Å². The molecule has 0 aromatic carbocycles. The van der Waals surface area contributed by atoms with Crippen molar-refractivity contribution in [1.29, 1.82) is 0 Å². The van der Waals surface area contributed by atoms with Gasteiger partial charge in [-0.2, -0.15) is 0 Å². The Balaban J connectivity index is 2.65. The third-order valence-corrected chi connectivity index (χ3v) is 1.97. The number of aliphatic hydroxyl groups excluding tert-OH is 2. The molecule has 0 saturated carbocycles. The first-order valence-electron chi connectivity index (χ1n) is 4.67. The highest BCUT2D eigenvalue weighted by Crippen LogP contribution is 2.26. The van der Waals surface area contributed by atoms with Crippen molar-refractivity contribution >= 4 is 0 Å². The highest BCUT2D eigenvalue weighted by Gasteiger charge is 2.43. The number of hydrogen-bond donors (Lipinski definition) is 2. The van der Waals surface area contributed by atoms with Crippen molar-refractivity contribution in [1.82, 2.24) is 0 Å². The van der Waals surface area contributed by atoms with E-state index in [2.05, 4.69) is 6.58 Å². The van der Waals surface area contributed by atoms with Crippen molar-refractivity contribution in [2.45, 2.75) is 51.0 Å². The monoisotopic (exact) mass is 202 g/mol. The van der Waals surface area contributed by atoms with Crippen LogP contribution in [0.15, 0.2) is 12.7 Å². The van der Waals surface area contributed by atoms with Crippen LogP contribution in [-0.2, 0) is 9.47 Å². The molecule has 1 rings (SSSR count). The van der Waals surface area contributed by atoms with Gasteiger partial charge in [-0.25, -0.2) is 0 Å². The van der Waals surface area contributed by atoms with E-state index in [1.807, 2.05) is 20.8 Å². The Bertz CT molecular complexity index is 209. The van der Waals surface area contributed by atoms with Gasteiger partial charge in [0.15, 0.2) is 6.29 Å². The third kappa shape index (κ3) is 2.54. The lowest BCUT2D eigenvalue weighted by molar-refractivity contribution is -0.174. The molecule has 0 spiro atoms. The summed E-state index contributed by atoms with van der Waals surface area (Å²) in [5, 5.41) is 19.2. The Labute approximate surface area is 84.1 Å². The zero-order valence-corrected chi connectivity index (χ0v) is 8.80. The van der Waals surface area contributed by atoms with Crippen molar-refractivity contribution in [3.8, 4) is 0 Å². The standard InChI is InChI=1S/C10H18O4/c1-5-6-7(11)8(9(12)13-6)14-10(2,3)4/h5-9,11-12H,1H2,2-4H3/t6?,7-,8-,9+/m1/s1. The van der Waals surface area contributed by atoms with Gasteiger partial charge in [0.05, 0.1) is 5.60 Å². The van der Waals surface area contributed by atoms with Crippen LogP contribution in [0.1, 0.15) is 20.8 Å². The summed E-state index contributed by atoms with van der Waals surface area (Å²) in [6.07, 6.45) is -1.76. The Hall–Kier alpha value is -0.420. The van der Waals surface area contributed by atoms with Gasteiger partial charge in [0.2, 0.25) is 0 Å². The Morgan fingerprint density at radius 3 is 2.29 bits per heavy atom. The molecule has 0 aromatic rings. The largest absolute Gasteiger partial charge is 0.387 e. The van der Waals surface area contributed by atoms with Gasteiger partial charge >= 0.3 is 0 Å². The van der Waals surface area contributed by atoms with Gasteiger partial charge in [-0.3, -0.25) is 0 Å². The van der Waals surface area contributed by atoms with Crippen LogP contribution < -0.4 is 0 Å². The molecule has 0 radical (unpaired) electrons. The molecule has 1 heterocycles. The van der Waals surface area contributed by atoms with E-state index in [1.54, 1.807) is 0 Å². The maximum atomic E-state index is 9.70. The molecule has 14 heavy (non-hydrogen) atoms. The zero-order chi connectivity index (χ0) is 10.9. The Kier molecular flexibility index (Phi) is 3.32. The third-order valence-electron chi connectivity index (χ3n) is 1.97. The maximum absolute atomic E-state index is 9.70. The summed E-state index contributed by atoms with van der Waals surface area (Å²) in [6, 6.07) is 0. The molecule has 0 bridgehead atoms. The van der Waals surface area contributed by atoms with Crippen LogP contribution in [0.25, 0.3) is 0 Å². The number of rotatable bonds is 2. The Morgan fingerprint density at radius 2 is 1.93 bits per heavy atom. The second kappa shape index (κ2) is 3.98. The van der Waals surface area contributed by atoms with Crippen molar-refractivity contribution < 1.29 is 19.7 Å². The number of hydrogen-bond acceptors (Lipinski definition) is 4. The topological polar surface area (TPSA) is 58.9 Å². The molecule has 1 unspecified atom stereocenters. The molecule has 0 aliphatic carbocycles. The van der Waals surface area contributed by atoms with Crippen LogP contribution in [0.4, 0.5) is 0 Å². The molecule has 1 fully saturated rings. The second-order valence-corrected chi connectivity index (χ2v) is 4.41. The minimum Gasteiger partial charge on any atom is -0.387 e. The van der Waals surface area contributed by atoms with Crippen LogP contribution in [0.5, 0.6) is 0 Å². The van der Waals surface area contributed by atoms with E-state index < -0.39 is 30.2 Å². The first-order valence-corrected chi connectivity index (χ1v) is 4.67. The van der Waals surface area contributed by atoms with E-state index in [0.717, 1.165) is 0 Å². The highest BCUT2D eigenvalue weighted by atomic mass is 16.7. The average molecular weight is 202 g/mol. The molecule has 2 N–H and O–H groups in total. The van der Waals surface area contributed by atoms with Crippen molar-refractivity contribution in [2.24, 2.45) is 0 Å². The highest BCUT2D eigenvalue weighted by molar-refractivity contribution is 4.97. The molecule has 82 valence electrons. The van der Waals surface area contributed by atoms with E-state index in [1.165, 1.54) is 6.08 Å². The smallest absolute Gasteiger partial charge is 0.184 e. The zero-order valence-electron chi connectivity index (χ0n) is 8.80. The van der Waals surface area contributed by atoms with Gasteiger partial charge in [0.25, 0.3) is 0 Å². The van der Waals surface area contributed by atoms with Gasteiger partial charge in [-0.05, 0) is 20.8 Å². The van der Waals surface area contributed by atoms with Gasteiger partial charge in [0, 0.05) is 0 Å². The molecule has 4 nitrogen and oxygen atoms in total. The molecule has 1 aliphatic heterocycles. The van der Waals surface area contributed by atoms with E-state index in [-0.39, 0.29) is 0 Å². The van der Waals surface area contributed by atoms with E-state index in [4.69, 9.17) is 9.47 Å². The summed E-state index contributed by atoms with van der Waals surface area (Å²) in [4.78, 5) is 0. The van der Waals surface area contributed by atoms with E-state index in [9.17, 15) is 10.2 Å². The Morgan fingerprint density at radius 1 is 1.36 bits per heavy atom. The van der Waals surface area contributed by atoms with Crippen molar-refractivity contribution in [2.75, 3.05) is 0 Å². The van der Waals surface area contributed by atoms with Crippen LogP contribution in [0.2, 0.25) is 0 Å². The summed E-state index contributed by atoms with van der Waals surface area (Å²) >= 11 is 0. The molecule has 0 aromatic heterocycles. The van der Waals surface area contributed by atoms with Crippen LogP contribution in [0, 0.1) is 0 Å². The quantitative estimate of drug-likeness (QED) is 0.638. The van der Waals surface area contributed by atoms with Crippen molar-refractivity contribution in [3.05, 3.63) is 12.7 Å². The predicted octanol–water partition coefficient (Wildman–Crippen LogP) is 0.434. The SMILES string of the molecule is C=CC1O[C@H](O)[C@H](OC(C)(C)C)[C@@H]1O. The van der Waals surface area contributed by atoms with Gasteiger partial charge in [0.1, 0.15) is 18.3 Å². The summed E-state index contributed by atoms with van der Waals surface area (Å²) in [5.74, 6) is 0. The average Bonchev–Trinajstić information content (AvgIpc) is 2.29. The first-order chi connectivity index (χ1) is 6.35. The molecule has 1 aliphatic rings. The number of ether oxygens (including phenoxy) is 2. The van der Waals surface area contributed by atoms with Gasteiger partial charge in [-0.1, -0.05) is 6.08 Å².